The van der Waals surface area contributed by atoms with Crippen LogP contribution >= 0.6 is 24.0 Å². The van der Waals surface area contributed by atoms with Crippen LogP contribution in [-0.2, 0) is 12.1 Å². The lowest BCUT2D eigenvalue weighted by Gasteiger charge is -2.35. The maximum atomic E-state index is 14.4. The van der Waals surface area contributed by atoms with Crippen LogP contribution in [0.15, 0.2) is 30.9 Å². The van der Waals surface area contributed by atoms with Gasteiger partial charge in [0.1, 0.15) is 34.2 Å². The number of likely N-dealkylation sites (N-methyl/N-ethyl adjacent to an activating group) is 1. The minimum Gasteiger partial charge on any atom is -0.382 e. The van der Waals surface area contributed by atoms with Crippen LogP contribution in [-0.4, -0.2) is 73.0 Å². The minimum absolute atomic E-state index is 0.00748. The van der Waals surface area contributed by atoms with E-state index in [-0.39, 0.29) is 17.9 Å². The second-order valence-electron chi connectivity index (χ2n) is 6.59. The van der Waals surface area contributed by atoms with Gasteiger partial charge in [0, 0.05) is 43.6 Å². The van der Waals surface area contributed by atoms with E-state index in [2.05, 4.69) is 26.9 Å². The Morgan fingerprint density at radius 2 is 2.04 bits per heavy atom. The Labute approximate surface area is 166 Å². The molecule has 1 aliphatic rings. The number of nitrogens with zero attached hydrogens (tertiary/aromatic N) is 5. The first kappa shape index (κ1) is 20.1. The van der Waals surface area contributed by atoms with Crippen molar-refractivity contribution in [1.29, 1.82) is 0 Å². The Balaban J connectivity index is 1.76. The largest absolute Gasteiger partial charge is 0.382 e. The van der Waals surface area contributed by atoms with Gasteiger partial charge in [0.2, 0.25) is 0 Å². The van der Waals surface area contributed by atoms with Crippen LogP contribution in [0.1, 0.15) is 5.56 Å². The standard InChI is InChI=1S/C17H21F2N5OS2/c1-22-4-6-23(7-5-22)16(26)27-10-17(25,9-24-12-20-11-21-24)14-3-2-13(18)8-15(14)19/h2-3,8,11-12,25H,4-7,9-10H2,1H3. The van der Waals surface area contributed by atoms with E-state index in [0.717, 1.165) is 38.3 Å². The van der Waals surface area contributed by atoms with Crippen LogP contribution in [0.3, 0.4) is 0 Å². The fourth-order valence-electron chi connectivity index (χ4n) is 2.92. The third kappa shape index (κ3) is 5.01. The Kier molecular flexibility index (Phi) is 6.40. The van der Waals surface area contributed by atoms with E-state index in [9.17, 15) is 13.9 Å². The topological polar surface area (TPSA) is 57.4 Å². The van der Waals surface area contributed by atoms with E-state index in [1.165, 1.54) is 35.2 Å². The zero-order chi connectivity index (χ0) is 19.4. The van der Waals surface area contributed by atoms with Crippen molar-refractivity contribution in [3.05, 3.63) is 48.1 Å². The van der Waals surface area contributed by atoms with Gasteiger partial charge in [-0.3, -0.25) is 0 Å². The summed E-state index contributed by atoms with van der Waals surface area (Å²) in [6.07, 6.45) is 2.78. The minimum atomic E-state index is -1.62. The van der Waals surface area contributed by atoms with Crippen LogP contribution in [0, 0.1) is 11.6 Å². The Morgan fingerprint density at radius 1 is 1.30 bits per heavy atom. The maximum Gasteiger partial charge on any atom is 0.137 e. The number of thioether (sulfide) groups is 1. The number of rotatable bonds is 5. The van der Waals surface area contributed by atoms with Gasteiger partial charge in [0.25, 0.3) is 0 Å². The molecule has 0 radical (unpaired) electrons. The number of halogens is 2. The molecule has 1 unspecified atom stereocenters. The van der Waals surface area contributed by atoms with Crippen molar-refractivity contribution < 1.29 is 13.9 Å². The Hall–Kier alpha value is -1.62. The predicted molar refractivity (Wildman–Crippen MR) is 104 cm³/mol. The van der Waals surface area contributed by atoms with E-state index in [4.69, 9.17) is 12.2 Å². The summed E-state index contributed by atoms with van der Waals surface area (Å²) in [6.45, 7) is 3.43. The quantitative estimate of drug-likeness (QED) is 0.749. The fraction of sp³-hybridized carbons (Fsp3) is 0.471. The molecule has 0 spiro atoms. The highest BCUT2D eigenvalue weighted by Crippen LogP contribution is 2.31. The molecule has 1 aliphatic heterocycles. The number of aromatic nitrogens is 3. The molecule has 0 bridgehead atoms. The zero-order valence-corrected chi connectivity index (χ0v) is 16.5. The molecule has 0 aliphatic carbocycles. The molecule has 1 saturated heterocycles. The summed E-state index contributed by atoms with van der Waals surface area (Å²) in [4.78, 5) is 8.16. The normalized spacial score (nSPS) is 17.7. The molecule has 2 heterocycles. The fourth-order valence-corrected chi connectivity index (χ4v) is 4.25. The molecule has 1 aromatic heterocycles. The van der Waals surface area contributed by atoms with Crippen molar-refractivity contribution >= 4 is 28.3 Å². The van der Waals surface area contributed by atoms with E-state index in [1.54, 1.807) is 0 Å². The van der Waals surface area contributed by atoms with Gasteiger partial charge in [-0.2, -0.15) is 5.10 Å². The van der Waals surface area contributed by atoms with E-state index < -0.39 is 17.2 Å². The lowest BCUT2D eigenvalue weighted by atomic mass is 9.95. The first-order valence-electron chi connectivity index (χ1n) is 8.48. The van der Waals surface area contributed by atoms with E-state index >= 15 is 0 Å². The highest BCUT2D eigenvalue weighted by atomic mass is 32.2. The highest BCUT2D eigenvalue weighted by Gasteiger charge is 2.34. The maximum absolute atomic E-state index is 14.4. The van der Waals surface area contributed by atoms with Gasteiger partial charge >= 0.3 is 0 Å². The molecule has 0 saturated carbocycles. The van der Waals surface area contributed by atoms with Gasteiger partial charge in [0.15, 0.2) is 0 Å². The summed E-state index contributed by atoms with van der Waals surface area (Å²) in [7, 11) is 2.06. The average Bonchev–Trinajstić information content (AvgIpc) is 3.13. The Bertz CT molecular complexity index is 784. The Morgan fingerprint density at radius 3 is 2.67 bits per heavy atom. The molecule has 0 amide bonds. The van der Waals surface area contributed by atoms with Crippen LogP contribution in [0.25, 0.3) is 0 Å². The van der Waals surface area contributed by atoms with Crippen LogP contribution in [0.5, 0.6) is 0 Å². The molecular formula is C17H21F2N5OS2. The summed E-state index contributed by atoms with van der Waals surface area (Å²) >= 11 is 6.79. The van der Waals surface area contributed by atoms with Gasteiger partial charge < -0.3 is 14.9 Å². The van der Waals surface area contributed by atoms with Gasteiger partial charge in [-0.05, 0) is 13.1 Å². The monoisotopic (exact) mass is 413 g/mol. The molecule has 1 atom stereocenters. The van der Waals surface area contributed by atoms with E-state index in [0.29, 0.717) is 4.32 Å². The van der Waals surface area contributed by atoms with Gasteiger partial charge in [0.05, 0.1) is 6.54 Å². The molecule has 1 aromatic carbocycles. The SMILES string of the molecule is CN1CCN(C(=S)SCC(O)(Cn2cncn2)c2ccc(F)cc2F)CC1. The number of hydrogen-bond donors (Lipinski definition) is 1. The lowest BCUT2D eigenvalue weighted by molar-refractivity contribution is 0.0362. The summed E-state index contributed by atoms with van der Waals surface area (Å²) in [6, 6.07) is 3.17. The molecule has 6 nitrogen and oxygen atoms in total. The number of hydrogen-bond acceptors (Lipinski definition) is 6. The summed E-state index contributed by atoms with van der Waals surface area (Å²) < 4.78 is 29.8. The smallest absolute Gasteiger partial charge is 0.137 e. The molecule has 146 valence electrons. The van der Waals surface area contributed by atoms with Crippen LogP contribution in [0.4, 0.5) is 8.78 Å². The number of aliphatic hydroxyl groups is 1. The molecule has 1 fully saturated rings. The second kappa shape index (κ2) is 8.59. The summed E-state index contributed by atoms with van der Waals surface area (Å²) in [5.74, 6) is -1.38. The van der Waals surface area contributed by atoms with Crippen molar-refractivity contribution in [2.24, 2.45) is 0 Å². The first-order valence-corrected chi connectivity index (χ1v) is 9.87. The average molecular weight is 414 g/mol. The highest BCUT2D eigenvalue weighted by molar-refractivity contribution is 8.22. The third-order valence-electron chi connectivity index (χ3n) is 4.52. The van der Waals surface area contributed by atoms with Crippen LogP contribution < -0.4 is 0 Å². The van der Waals surface area contributed by atoms with Crippen molar-refractivity contribution in [1.82, 2.24) is 24.6 Å². The van der Waals surface area contributed by atoms with Gasteiger partial charge in [-0.1, -0.05) is 30.0 Å². The molecule has 1 N–H and O–H groups in total. The van der Waals surface area contributed by atoms with Crippen molar-refractivity contribution in [2.75, 3.05) is 39.0 Å². The van der Waals surface area contributed by atoms with E-state index in [1.807, 2.05) is 0 Å². The lowest BCUT2D eigenvalue weighted by Crippen LogP contribution is -2.46. The number of thiocarbonyl (C=S) groups is 1. The van der Waals surface area contributed by atoms with Crippen LogP contribution in [0.2, 0.25) is 0 Å². The third-order valence-corrected chi connectivity index (χ3v) is 6.26. The van der Waals surface area contributed by atoms with Crippen molar-refractivity contribution in [3.8, 4) is 0 Å². The van der Waals surface area contributed by atoms with Gasteiger partial charge in [-0.25, -0.2) is 18.4 Å². The molecule has 27 heavy (non-hydrogen) atoms. The number of piperazine rings is 1. The number of benzene rings is 1. The summed E-state index contributed by atoms with van der Waals surface area (Å²) in [5, 5.41) is 15.2. The zero-order valence-electron chi connectivity index (χ0n) is 14.9. The molecular weight excluding hydrogens is 392 g/mol. The second-order valence-corrected chi connectivity index (χ2v) is 8.20. The molecule has 2 aromatic rings. The summed E-state index contributed by atoms with van der Waals surface area (Å²) in [5.41, 5.74) is -1.61. The van der Waals surface area contributed by atoms with Crippen molar-refractivity contribution in [3.63, 3.8) is 0 Å². The first-order chi connectivity index (χ1) is 12.9. The molecule has 3 rings (SSSR count). The van der Waals surface area contributed by atoms with Crippen molar-refractivity contribution in [2.45, 2.75) is 12.1 Å². The van der Waals surface area contributed by atoms with Gasteiger partial charge in [-0.15, -0.1) is 0 Å². The predicted octanol–water partition coefficient (Wildman–Crippen LogP) is 1.71. The molecule has 10 heteroatoms.